The van der Waals surface area contributed by atoms with E-state index in [-0.39, 0.29) is 19.2 Å². The summed E-state index contributed by atoms with van der Waals surface area (Å²) >= 11 is 0. The van der Waals surface area contributed by atoms with Crippen LogP contribution >= 0.6 is 0 Å². The molecular formula is C8H15F2NO. The van der Waals surface area contributed by atoms with E-state index >= 15 is 0 Å². The van der Waals surface area contributed by atoms with Gasteiger partial charge >= 0.3 is 0 Å². The summed E-state index contributed by atoms with van der Waals surface area (Å²) in [6.07, 6.45) is 0.592. The Labute approximate surface area is 71.2 Å². The standard InChI is InChI=1S/C8H15F2NO/c9-8(10)5-11-4-2-1-3-7(11)6-12/h7-8,12H,1-6H2/t7-/m1/s1. The number of aliphatic hydroxyl groups is 1. The highest BCUT2D eigenvalue weighted by atomic mass is 19.3. The molecule has 72 valence electrons. The summed E-state index contributed by atoms with van der Waals surface area (Å²) in [4.78, 5) is 1.69. The molecule has 0 saturated carbocycles. The lowest BCUT2D eigenvalue weighted by Crippen LogP contribution is -2.44. The van der Waals surface area contributed by atoms with Crippen LogP contribution < -0.4 is 0 Å². The van der Waals surface area contributed by atoms with Crippen LogP contribution in [0.4, 0.5) is 8.78 Å². The van der Waals surface area contributed by atoms with Crippen molar-refractivity contribution in [3.63, 3.8) is 0 Å². The van der Waals surface area contributed by atoms with Gasteiger partial charge in [-0.1, -0.05) is 6.42 Å². The van der Waals surface area contributed by atoms with Gasteiger partial charge < -0.3 is 5.11 Å². The Morgan fingerprint density at radius 3 is 2.75 bits per heavy atom. The Kier molecular flexibility index (Phi) is 3.88. The summed E-state index contributed by atoms with van der Waals surface area (Å²) < 4.78 is 24.0. The largest absolute Gasteiger partial charge is 0.395 e. The third-order valence-electron chi connectivity index (χ3n) is 2.33. The summed E-state index contributed by atoms with van der Waals surface area (Å²) in [6.45, 7) is 0.521. The lowest BCUT2D eigenvalue weighted by molar-refractivity contribution is 0.0286. The van der Waals surface area contributed by atoms with Gasteiger partial charge in [0, 0.05) is 6.04 Å². The van der Waals surface area contributed by atoms with E-state index in [1.165, 1.54) is 0 Å². The fourth-order valence-electron chi connectivity index (χ4n) is 1.68. The Bertz CT molecular complexity index is 132. The molecule has 0 aromatic heterocycles. The summed E-state index contributed by atoms with van der Waals surface area (Å²) in [5.74, 6) is 0. The van der Waals surface area contributed by atoms with E-state index in [1.54, 1.807) is 4.90 Å². The average molecular weight is 179 g/mol. The highest BCUT2D eigenvalue weighted by Gasteiger charge is 2.23. The minimum absolute atomic E-state index is 0.00667. The number of aliphatic hydroxyl groups excluding tert-OH is 1. The molecule has 0 aromatic rings. The zero-order chi connectivity index (χ0) is 8.97. The van der Waals surface area contributed by atoms with Crippen molar-refractivity contribution >= 4 is 0 Å². The molecule has 1 N–H and O–H groups in total. The van der Waals surface area contributed by atoms with Crippen molar-refractivity contribution in [1.82, 2.24) is 4.90 Å². The fraction of sp³-hybridized carbons (Fsp3) is 1.00. The summed E-state index contributed by atoms with van der Waals surface area (Å²) in [5, 5.41) is 8.89. The van der Waals surface area contributed by atoms with Crippen LogP contribution in [0.15, 0.2) is 0 Å². The third-order valence-corrected chi connectivity index (χ3v) is 2.33. The molecule has 0 aromatic carbocycles. The van der Waals surface area contributed by atoms with Gasteiger partial charge in [-0.25, -0.2) is 8.78 Å². The number of rotatable bonds is 3. The Balaban J connectivity index is 2.36. The van der Waals surface area contributed by atoms with Gasteiger partial charge in [0.2, 0.25) is 0 Å². The maximum atomic E-state index is 12.0. The van der Waals surface area contributed by atoms with Crippen LogP contribution in [0.5, 0.6) is 0 Å². The van der Waals surface area contributed by atoms with Crippen LogP contribution in [0.2, 0.25) is 0 Å². The molecule has 0 bridgehead atoms. The first-order valence-electron chi connectivity index (χ1n) is 4.37. The number of halogens is 2. The van der Waals surface area contributed by atoms with Gasteiger partial charge in [-0.05, 0) is 19.4 Å². The van der Waals surface area contributed by atoms with Gasteiger partial charge in [-0.3, -0.25) is 4.90 Å². The van der Waals surface area contributed by atoms with Crippen molar-refractivity contribution < 1.29 is 13.9 Å². The van der Waals surface area contributed by atoms with Crippen molar-refractivity contribution in [2.45, 2.75) is 31.7 Å². The van der Waals surface area contributed by atoms with Gasteiger partial charge in [0.15, 0.2) is 0 Å². The van der Waals surface area contributed by atoms with Crippen molar-refractivity contribution in [3.05, 3.63) is 0 Å². The first-order valence-corrected chi connectivity index (χ1v) is 4.37. The van der Waals surface area contributed by atoms with E-state index < -0.39 is 6.43 Å². The topological polar surface area (TPSA) is 23.5 Å². The van der Waals surface area contributed by atoms with Gasteiger partial charge in [0.05, 0.1) is 13.2 Å². The van der Waals surface area contributed by atoms with Crippen LogP contribution in [-0.4, -0.2) is 42.2 Å². The van der Waals surface area contributed by atoms with E-state index in [9.17, 15) is 8.78 Å². The Morgan fingerprint density at radius 2 is 2.17 bits per heavy atom. The van der Waals surface area contributed by atoms with Crippen molar-refractivity contribution in [3.8, 4) is 0 Å². The quantitative estimate of drug-likeness (QED) is 0.701. The van der Waals surface area contributed by atoms with E-state index in [0.717, 1.165) is 19.3 Å². The molecule has 1 saturated heterocycles. The van der Waals surface area contributed by atoms with E-state index in [4.69, 9.17) is 5.11 Å². The van der Waals surface area contributed by atoms with Gasteiger partial charge in [0.1, 0.15) is 0 Å². The van der Waals surface area contributed by atoms with E-state index in [1.807, 2.05) is 0 Å². The van der Waals surface area contributed by atoms with Crippen molar-refractivity contribution in [1.29, 1.82) is 0 Å². The highest BCUT2D eigenvalue weighted by Crippen LogP contribution is 2.17. The smallest absolute Gasteiger partial charge is 0.251 e. The van der Waals surface area contributed by atoms with Crippen LogP contribution in [0.1, 0.15) is 19.3 Å². The Morgan fingerprint density at radius 1 is 1.42 bits per heavy atom. The van der Waals surface area contributed by atoms with Crippen LogP contribution in [-0.2, 0) is 0 Å². The second-order valence-corrected chi connectivity index (χ2v) is 3.22. The summed E-state index contributed by atoms with van der Waals surface area (Å²) in [7, 11) is 0. The molecule has 1 atom stereocenters. The summed E-state index contributed by atoms with van der Waals surface area (Å²) in [5.41, 5.74) is 0. The lowest BCUT2D eigenvalue weighted by Gasteiger charge is -2.34. The molecule has 0 radical (unpaired) electrons. The van der Waals surface area contributed by atoms with Crippen LogP contribution in [0.25, 0.3) is 0 Å². The molecular weight excluding hydrogens is 164 g/mol. The van der Waals surface area contributed by atoms with Crippen LogP contribution in [0, 0.1) is 0 Å². The van der Waals surface area contributed by atoms with Gasteiger partial charge in [0.25, 0.3) is 6.43 Å². The minimum Gasteiger partial charge on any atom is -0.395 e. The Hall–Kier alpha value is -0.220. The molecule has 0 unspecified atom stereocenters. The second kappa shape index (κ2) is 4.72. The van der Waals surface area contributed by atoms with E-state index in [0.29, 0.717) is 6.54 Å². The van der Waals surface area contributed by atoms with E-state index in [2.05, 4.69) is 0 Å². The van der Waals surface area contributed by atoms with Crippen molar-refractivity contribution in [2.24, 2.45) is 0 Å². The predicted octanol–water partition coefficient (Wildman–Crippen LogP) is 1.10. The minimum atomic E-state index is -2.28. The zero-order valence-electron chi connectivity index (χ0n) is 7.05. The fourth-order valence-corrected chi connectivity index (χ4v) is 1.68. The highest BCUT2D eigenvalue weighted by molar-refractivity contribution is 4.76. The monoisotopic (exact) mass is 179 g/mol. The molecule has 1 heterocycles. The average Bonchev–Trinajstić information content (AvgIpc) is 2.04. The molecule has 1 aliphatic heterocycles. The molecule has 0 aliphatic carbocycles. The third kappa shape index (κ3) is 2.68. The maximum absolute atomic E-state index is 12.0. The molecule has 1 aliphatic rings. The number of hydrogen-bond acceptors (Lipinski definition) is 2. The molecule has 1 fully saturated rings. The molecule has 1 rings (SSSR count). The number of piperidine rings is 1. The summed E-state index contributed by atoms with van der Waals surface area (Å²) in [6, 6.07) is -0.0345. The van der Waals surface area contributed by atoms with Gasteiger partial charge in [-0.15, -0.1) is 0 Å². The SMILES string of the molecule is OC[C@H]1CCCCN1CC(F)F. The van der Waals surface area contributed by atoms with Crippen LogP contribution in [0.3, 0.4) is 0 Å². The normalized spacial score (nSPS) is 26.5. The first kappa shape index (κ1) is 9.86. The number of nitrogens with zero attached hydrogens (tertiary/aromatic N) is 1. The zero-order valence-corrected chi connectivity index (χ0v) is 7.05. The second-order valence-electron chi connectivity index (χ2n) is 3.22. The molecule has 0 spiro atoms. The molecule has 0 amide bonds. The van der Waals surface area contributed by atoms with Crippen molar-refractivity contribution in [2.75, 3.05) is 19.7 Å². The van der Waals surface area contributed by atoms with Gasteiger partial charge in [-0.2, -0.15) is 0 Å². The molecule has 2 nitrogen and oxygen atoms in total. The number of hydrogen-bond donors (Lipinski definition) is 1. The maximum Gasteiger partial charge on any atom is 0.251 e. The molecule has 4 heteroatoms. The first-order chi connectivity index (χ1) is 5.74. The lowest BCUT2D eigenvalue weighted by atomic mass is 10.0. The number of likely N-dealkylation sites (tertiary alicyclic amines) is 1. The number of alkyl halides is 2. The predicted molar refractivity (Wildman–Crippen MR) is 42.3 cm³/mol. The molecule has 12 heavy (non-hydrogen) atoms.